The first-order valence-electron chi connectivity index (χ1n) is 4.45. The van der Waals surface area contributed by atoms with E-state index in [4.69, 9.17) is 4.74 Å². The Morgan fingerprint density at radius 1 is 1.36 bits per heavy atom. The van der Waals surface area contributed by atoms with Gasteiger partial charge in [-0.15, -0.1) is 0 Å². The largest absolute Gasteiger partial charge is 0.486 e. The summed E-state index contributed by atoms with van der Waals surface area (Å²) in [5.74, 6) is -0.0174. The monoisotopic (exact) mass is 189 g/mol. The summed E-state index contributed by atoms with van der Waals surface area (Å²) in [5, 5.41) is 0. The van der Waals surface area contributed by atoms with Crippen LogP contribution in [0.3, 0.4) is 0 Å². The van der Waals surface area contributed by atoms with E-state index in [1.807, 2.05) is 12.1 Å². The Morgan fingerprint density at radius 3 is 2.64 bits per heavy atom. The van der Waals surface area contributed by atoms with Gasteiger partial charge in [-0.3, -0.25) is 9.78 Å². The second-order valence-electron chi connectivity index (χ2n) is 3.70. The van der Waals surface area contributed by atoms with E-state index >= 15 is 0 Å². The molecule has 0 radical (unpaired) electrons. The Morgan fingerprint density at radius 2 is 2.14 bits per heavy atom. The first-order chi connectivity index (χ1) is 6.61. The van der Waals surface area contributed by atoms with Gasteiger partial charge in [0.25, 0.3) is 0 Å². The van der Waals surface area contributed by atoms with Gasteiger partial charge in [0.05, 0.1) is 17.5 Å². The molecule has 72 valence electrons. The molecule has 0 unspecified atom stereocenters. The molecular weight excluding hydrogens is 178 g/mol. The van der Waals surface area contributed by atoms with Crippen LogP contribution in [-0.2, 0) is 9.53 Å². The summed E-state index contributed by atoms with van der Waals surface area (Å²) in [6, 6.07) is 5.46. The smallest absolute Gasteiger partial charge is 0.211 e. The van der Waals surface area contributed by atoms with Gasteiger partial charge >= 0.3 is 0 Å². The number of pyridine rings is 1. The van der Waals surface area contributed by atoms with Crippen molar-refractivity contribution in [3.8, 4) is 0 Å². The van der Waals surface area contributed by atoms with E-state index in [0.29, 0.717) is 11.3 Å². The number of rotatable bonds is 1. The lowest BCUT2D eigenvalue weighted by Crippen LogP contribution is -2.29. The van der Waals surface area contributed by atoms with E-state index in [0.717, 1.165) is 0 Å². The number of aromatic nitrogens is 1. The summed E-state index contributed by atoms with van der Waals surface area (Å²) in [7, 11) is 0. The molecule has 0 bridgehead atoms. The van der Waals surface area contributed by atoms with Crippen LogP contribution >= 0.6 is 0 Å². The van der Waals surface area contributed by atoms with Crippen molar-refractivity contribution < 1.29 is 9.53 Å². The Hall–Kier alpha value is -1.64. The molecule has 1 aliphatic rings. The van der Waals surface area contributed by atoms with Crippen LogP contribution in [0.5, 0.6) is 0 Å². The molecule has 2 heterocycles. The highest BCUT2D eigenvalue weighted by Crippen LogP contribution is 2.29. The second-order valence-corrected chi connectivity index (χ2v) is 3.70. The van der Waals surface area contributed by atoms with Crippen molar-refractivity contribution in [2.75, 3.05) is 0 Å². The average Bonchev–Trinajstić information content (AvgIpc) is 2.44. The summed E-state index contributed by atoms with van der Waals surface area (Å²) in [5.41, 5.74) is 0.478. The van der Waals surface area contributed by atoms with Crippen LogP contribution < -0.4 is 0 Å². The number of carbonyl (C=O) groups is 1. The molecule has 2 rings (SSSR count). The molecule has 1 aromatic heterocycles. The summed E-state index contributed by atoms with van der Waals surface area (Å²) in [6.07, 6.45) is 3.15. The molecule has 0 aromatic carbocycles. The number of hydrogen-bond acceptors (Lipinski definition) is 3. The third-order valence-corrected chi connectivity index (χ3v) is 2.20. The SMILES string of the molecule is CC1(C)OC=C(c2ccccn2)C1=O. The standard InChI is InChI=1S/C11H11NO2/c1-11(2)10(13)8(7-14-11)9-5-3-4-6-12-9/h3-7H,1-2H3. The number of carbonyl (C=O) groups excluding carboxylic acids is 1. The maximum atomic E-state index is 11.8. The molecule has 3 heteroatoms. The predicted molar refractivity (Wildman–Crippen MR) is 52.4 cm³/mol. The number of ketones is 1. The van der Waals surface area contributed by atoms with E-state index in [1.165, 1.54) is 6.26 Å². The number of hydrogen-bond donors (Lipinski definition) is 0. The zero-order chi connectivity index (χ0) is 10.2. The maximum absolute atomic E-state index is 11.8. The van der Waals surface area contributed by atoms with Crippen molar-refractivity contribution in [1.82, 2.24) is 4.98 Å². The summed E-state index contributed by atoms with van der Waals surface area (Å²) < 4.78 is 5.27. The Labute approximate surface area is 82.4 Å². The average molecular weight is 189 g/mol. The fourth-order valence-electron chi connectivity index (χ4n) is 1.34. The Kier molecular flexibility index (Phi) is 1.88. The third kappa shape index (κ3) is 1.31. The quantitative estimate of drug-likeness (QED) is 0.676. The molecule has 0 atom stereocenters. The van der Waals surface area contributed by atoms with E-state index in [1.54, 1.807) is 26.1 Å². The summed E-state index contributed by atoms with van der Waals surface area (Å²) in [4.78, 5) is 15.9. The molecule has 0 N–H and O–H groups in total. The van der Waals surface area contributed by atoms with E-state index in [9.17, 15) is 4.79 Å². The number of ether oxygens (including phenoxy) is 1. The first-order valence-corrected chi connectivity index (χ1v) is 4.45. The highest BCUT2D eigenvalue weighted by atomic mass is 16.5. The zero-order valence-electron chi connectivity index (χ0n) is 8.15. The number of Topliss-reactive ketones (excluding diaryl/α,β-unsaturated/α-hetero) is 1. The van der Waals surface area contributed by atoms with Crippen molar-refractivity contribution in [3.05, 3.63) is 36.4 Å². The topological polar surface area (TPSA) is 39.2 Å². The van der Waals surface area contributed by atoms with Crippen molar-refractivity contribution in [2.45, 2.75) is 19.4 Å². The molecule has 3 nitrogen and oxygen atoms in total. The molecule has 14 heavy (non-hydrogen) atoms. The minimum Gasteiger partial charge on any atom is -0.486 e. The molecular formula is C11H11NO2. The molecule has 0 amide bonds. The number of nitrogens with zero attached hydrogens (tertiary/aromatic N) is 1. The Balaban J connectivity index is 2.36. The molecule has 0 saturated carbocycles. The van der Waals surface area contributed by atoms with Gasteiger partial charge in [-0.1, -0.05) is 6.07 Å². The van der Waals surface area contributed by atoms with Crippen LogP contribution in [0.25, 0.3) is 5.57 Å². The third-order valence-electron chi connectivity index (χ3n) is 2.20. The van der Waals surface area contributed by atoms with Crippen LogP contribution in [0, 0.1) is 0 Å². The van der Waals surface area contributed by atoms with Crippen molar-refractivity contribution in [1.29, 1.82) is 0 Å². The van der Waals surface area contributed by atoms with Gasteiger partial charge < -0.3 is 4.74 Å². The summed E-state index contributed by atoms with van der Waals surface area (Å²) >= 11 is 0. The van der Waals surface area contributed by atoms with Gasteiger partial charge in [0, 0.05) is 6.20 Å². The van der Waals surface area contributed by atoms with Gasteiger partial charge in [0.2, 0.25) is 5.78 Å². The Bertz CT molecular complexity index is 393. The molecule has 0 spiro atoms. The van der Waals surface area contributed by atoms with Crippen LogP contribution in [0.2, 0.25) is 0 Å². The minimum atomic E-state index is -0.743. The lowest BCUT2D eigenvalue weighted by Gasteiger charge is -2.14. The van der Waals surface area contributed by atoms with E-state index < -0.39 is 5.60 Å². The van der Waals surface area contributed by atoms with Crippen molar-refractivity contribution in [2.24, 2.45) is 0 Å². The van der Waals surface area contributed by atoms with E-state index in [-0.39, 0.29) is 5.78 Å². The molecule has 1 aliphatic heterocycles. The second kappa shape index (κ2) is 2.94. The molecule has 0 aliphatic carbocycles. The van der Waals surface area contributed by atoms with Crippen molar-refractivity contribution in [3.63, 3.8) is 0 Å². The fourth-order valence-corrected chi connectivity index (χ4v) is 1.34. The highest BCUT2D eigenvalue weighted by Gasteiger charge is 2.37. The van der Waals surface area contributed by atoms with Crippen molar-refractivity contribution >= 4 is 11.4 Å². The van der Waals surface area contributed by atoms with Crippen LogP contribution in [0.1, 0.15) is 19.5 Å². The normalized spacial score (nSPS) is 19.0. The maximum Gasteiger partial charge on any atom is 0.211 e. The van der Waals surface area contributed by atoms with Crippen LogP contribution in [0.4, 0.5) is 0 Å². The highest BCUT2D eigenvalue weighted by molar-refractivity contribution is 6.25. The lowest BCUT2D eigenvalue weighted by atomic mass is 9.98. The zero-order valence-corrected chi connectivity index (χ0v) is 8.15. The van der Waals surface area contributed by atoms with E-state index in [2.05, 4.69) is 4.98 Å². The lowest BCUT2D eigenvalue weighted by molar-refractivity contribution is -0.125. The molecule has 0 saturated heterocycles. The molecule has 0 fully saturated rings. The van der Waals surface area contributed by atoms with Gasteiger partial charge in [0.15, 0.2) is 5.60 Å². The van der Waals surface area contributed by atoms with Gasteiger partial charge in [0.1, 0.15) is 0 Å². The van der Waals surface area contributed by atoms with Gasteiger partial charge in [-0.05, 0) is 26.0 Å². The minimum absolute atomic E-state index is 0.0174. The summed E-state index contributed by atoms with van der Waals surface area (Å²) in [6.45, 7) is 3.50. The predicted octanol–water partition coefficient (Wildman–Crippen LogP) is 1.80. The van der Waals surface area contributed by atoms with Crippen LogP contribution in [-0.4, -0.2) is 16.4 Å². The van der Waals surface area contributed by atoms with Crippen LogP contribution in [0.15, 0.2) is 30.7 Å². The fraction of sp³-hybridized carbons (Fsp3) is 0.273. The van der Waals surface area contributed by atoms with Gasteiger partial charge in [-0.2, -0.15) is 0 Å². The van der Waals surface area contributed by atoms with Gasteiger partial charge in [-0.25, -0.2) is 0 Å². The first kappa shape index (κ1) is 8.94. The molecule has 1 aromatic rings.